The van der Waals surface area contributed by atoms with Gasteiger partial charge in [-0.15, -0.1) is 0 Å². The van der Waals surface area contributed by atoms with E-state index in [0.717, 1.165) is 11.1 Å². The molecule has 0 saturated carbocycles. The van der Waals surface area contributed by atoms with Crippen LogP contribution in [-0.2, 0) is 16.0 Å². The number of benzene rings is 3. The Balaban J connectivity index is 1.57. The van der Waals surface area contributed by atoms with Crippen molar-refractivity contribution in [2.75, 3.05) is 0 Å². The van der Waals surface area contributed by atoms with Crippen LogP contribution in [0.2, 0.25) is 0 Å². The molecule has 33 heavy (non-hydrogen) atoms. The molecular weight excluding hydrogens is 406 g/mol. The molecule has 2 unspecified atom stereocenters. The van der Waals surface area contributed by atoms with Crippen molar-refractivity contribution in [2.45, 2.75) is 39.7 Å². The lowest BCUT2D eigenvalue weighted by Crippen LogP contribution is -2.34. The van der Waals surface area contributed by atoms with Crippen LogP contribution in [0.3, 0.4) is 0 Å². The Morgan fingerprint density at radius 2 is 1.45 bits per heavy atom. The summed E-state index contributed by atoms with van der Waals surface area (Å²) in [7, 11) is 0. The van der Waals surface area contributed by atoms with E-state index in [2.05, 4.69) is 36.4 Å². The number of likely N-dealkylation sites (tertiary alicyclic amines) is 1. The van der Waals surface area contributed by atoms with E-state index in [1.165, 1.54) is 11.1 Å². The standard InChI is InChI=1S/C30H31NO2/c1-30(2,3)28(32)27-21-26(31(29(27)33)19-18-22-10-6-4-7-11-22)20-23-14-16-25(17-15-23)24-12-8-5-9-13-24/h4-19,26-27H,20-21H2,1-3H3/b19-18+. The first-order chi connectivity index (χ1) is 15.8. The molecule has 0 spiro atoms. The molecule has 0 N–H and O–H groups in total. The first-order valence-corrected chi connectivity index (χ1v) is 11.6. The third-order valence-electron chi connectivity index (χ3n) is 6.27. The van der Waals surface area contributed by atoms with Crippen molar-refractivity contribution in [3.63, 3.8) is 0 Å². The molecule has 3 heteroatoms. The normalized spacial score (nSPS) is 18.8. The van der Waals surface area contributed by atoms with Gasteiger partial charge in [0.15, 0.2) is 5.78 Å². The van der Waals surface area contributed by atoms with Crippen LogP contribution < -0.4 is 0 Å². The van der Waals surface area contributed by atoms with E-state index in [0.29, 0.717) is 12.8 Å². The maximum absolute atomic E-state index is 13.3. The van der Waals surface area contributed by atoms with E-state index >= 15 is 0 Å². The fourth-order valence-electron chi connectivity index (χ4n) is 4.43. The van der Waals surface area contributed by atoms with Gasteiger partial charge in [0.1, 0.15) is 0 Å². The lowest BCUT2D eigenvalue weighted by molar-refractivity contribution is -0.139. The van der Waals surface area contributed by atoms with Crippen molar-refractivity contribution < 1.29 is 9.59 Å². The number of nitrogens with zero attached hydrogens (tertiary/aromatic N) is 1. The average molecular weight is 438 g/mol. The zero-order chi connectivity index (χ0) is 23.4. The van der Waals surface area contributed by atoms with E-state index in [1.54, 1.807) is 4.90 Å². The van der Waals surface area contributed by atoms with Crippen molar-refractivity contribution in [3.8, 4) is 11.1 Å². The third-order valence-corrected chi connectivity index (χ3v) is 6.27. The van der Waals surface area contributed by atoms with Gasteiger partial charge < -0.3 is 4.90 Å². The van der Waals surface area contributed by atoms with Crippen LogP contribution in [0.25, 0.3) is 17.2 Å². The molecule has 0 radical (unpaired) electrons. The number of carbonyl (C=O) groups excluding carboxylic acids is 2. The molecule has 1 aliphatic rings. The first kappa shape index (κ1) is 22.7. The number of hydrogen-bond acceptors (Lipinski definition) is 2. The molecule has 1 heterocycles. The van der Waals surface area contributed by atoms with Gasteiger partial charge in [-0.25, -0.2) is 0 Å². The number of carbonyl (C=O) groups is 2. The van der Waals surface area contributed by atoms with Gasteiger partial charge in [0, 0.05) is 17.7 Å². The lowest BCUT2D eigenvalue weighted by Gasteiger charge is -2.21. The summed E-state index contributed by atoms with van der Waals surface area (Å²) in [5.74, 6) is -0.653. The molecule has 168 valence electrons. The minimum atomic E-state index is -0.584. The van der Waals surface area contributed by atoms with Gasteiger partial charge in [-0.1, -0.05) is 106 Å². The second kappa shape index (κ2) is 9.58. The molecule has 1 aliphatic heterocycles. The summed E-state index contributed by atoms with van der Waals surface area (Å²) >= 11 is 0. The number of amides is 1. The smallest absolute Gasteiger partial charge is 0.237 e. The van der Waals surface area contributed by atoms with Crippen LogP contribution >= 0.6 is 0 Å². The Morgan fingerprint density at radius 3 is 2.06 bits per heavy atom. The molecule has 3 aromatic carbocycles. The highest BCUT2D eigenvalue weighted by Crippen LogP contribution is 2.34. The molecular formula is C30H31NO2. The predicted octanol–water partition coefficient (Wildman–Crippen LogP) is 6.40. The molecule has 2 atom stereocenters. The van der Waals surface area contributed by atoms with Gasteiger partial charge in [-0.2, -0.15) is 0 Å². The maximum Gasteiger partial charge on any atom is 0.237 e. The highest BCUT2D eigenvalue weighted by Gasteiger charge is 2.45. The van der Waals surface area contributed by atoms with Crippen molar-refractivity contribution in [1.29, 1.82) is 0 Å². The maximum atomic E-state index is 13.3. The molecule has 1 amide bonds. The first-order valence-electron chi connectivity index (χ1n) is 11.6. The molecule has 0 aromatic heterocycles. The van der Waals surface area contributed by atoms with Gasteiger partial charge in [0.25, 0.3) is 0 Å². The lowest BCUT2D eigenvalue weighted by atomic mass is 9.81. The van der Waals surface area contributed by atoms with Crippen LogP contribution in [-0.4, -0.2) is 22.6 Å². The van der Waals surface area contributed by atoms with Gasteiger partial charge in [-0.05, 0) is 41.2 Å². The number of ketones is 1. The number of hydrogen-bond donors (Lipinski definition) is 0. The topological polar surface area (TPSA) is 37.4 Å². The summed E-state index contributed by atoms with van der Waals surface area (Å²) in [6.07, 6.45) is 5.08. The minimum Gasteiger partial charge on any atom is -0.315 e. The Bertz CT molecular complexity index is 1130. The van der Waals surface area contributed by atoms with E-state index in [-0.39, 0.29) is 17.7 Å². The summed E-state index contributed by atoms with van der Waals surface area (Å²) < 4.78 is 0. The van der Waals surface area contributed by atoms with Gasteiger partial charge in [-0.3, -0.25) is 9.59 Å². The quantitative estimate of drug-likeness (QED) is 0.419. The number of rotatable bonds is 6. The minimum absolute atomic E-state index is 0.0209. The summed E-state index contributed by atoms with van der Waals surface area (Å²) in [5.41, 5.74) is 4.00. The van der Waals surface area contributed by atoms with E-state index < -0.39 is 11.3 Å². The summed E-state index contributed by atoms with van der Waals surface area (Å²) in [6.45, 7) is 5.67. The van der Waals surface area contributed by atoms with Crippen molar-refractivity contribution in [1.82, 2.24) is 4.90 Å². The predicted molar refractivity (Wildman–Crippen MR) is 134 cm³/mol. The van der Waals surface area contributed by atoms with E-state index in [9.17, 15) is 9.59 Å². The van der Waals surface area contributed by atoms with Crippen molar-refractivity contribution >= 4 is 17.8 Å². The zero-order valence-electron chi connectivity index (χ0n) is 19.6. The van der Waals surface area contributed by atoms with Crippen LogP contribution in [0.15, 0.2) is 91.1 Å². The Labute approximate surface area is 196 Å². The second-order valence-corrected chi connectivity index (χ2v) is 9.80. The van der Waals surface area contributed by atoms with Gasteiger partial charge >= 0.3 is 0 Å². The fraction of sp³-hybridized carbons (Fsp3) is 0.267. The van der Waals surface area contributed by atoms with Gasteiger partial charge in [0.2, 0.25) is 5.91 Å². The average Bonchev–Trinajstić information content (AvgIpc) is 3.13. The Morgan fingerprint density at radius 1 is 0.879 bits per heavy atom. The monoisotopic (exact) mass is 437 g/mol. The second-order valence-electron chi connectivity index (χ2n) is 9.80. The van der Waals surface area contributed by atoms with Crippen molar-refractivity contribution in [3.05, 3.63) is 102 Å². The van der Waals surface area contributed by atoms with Crippen LogP contribution in [0.5, 0.6) is 0 Å². The van der Waals surface area contributed by atoms with Crippen LogP contribution in [0.4, 0.5) is 0 Å². The van der Waals surface area contributed by atoms with Crippen molar-refractivity contribution in [2.24, 2.45) is 11.3 Å². The third kappa shape index (κ3) is 5.31. The molecule has 3 nitrogen and oxygen atoms in total. The van der Waals surface area contributed by atoms with Crippen LogP contribution in [0, 0.1) is 11.3 Å². The summed E-state index contributed by atoms with van der Waals surface area (Å²) in [4.78, 5) is 28.1. The Hall–Kier alpha value is -3.46. The molecule has 0 bridgehead atoms. The van der Waals surface area contributed by atoms with Gasteiger partial charge in [0.05, 0.1) is 5.92 Å². The summed E-state index contributed by atoms with van der Waals surface area (Å²) in [5, 5.41) is 0. The van der Waals surface area contributed by atoms with E-state index in [1.807, 2.05) is 81.6 Å². The Kier molecular flexibility index (Phi) is 6.60. The largest absolute Gasteiger partial charge is 0.315 e. The molecule has 1 fully saturated rings. The highest BCUT2D eigenvalue weighted by atomic mass is 16.2. The molecule has 0 aliphatic carbocycles. The SMILES string of the molecule is CC(C)(C)C(=O)C1CC(Cc2ccc(-c3ccccc3)cc2)N(/C=C/c2ccccc2)C1=O. The number of Topliss-reactive ketones (excluding diaryl/α,β-unsaturated/α-hetero) is 1. The van der Waals surface area contributed by atoms with Crippen LogP contribution in [0.1, 0.15) is 38.3 Å². The molecule has 3 aromatic rings. The molecule has 1 saturated heterocycles. The summed E-state index contributed by atoms with van der Waals surface area (Å²) in [6, 6.07) is 28.7. The zero-order valence-corrected chi connectivity index (χ0v) is 19.6. The van der Waals surface area contributed by atoms with E-state index in [4.69, 9.17) is 0 Å². The fourth-order valence-corrected chi connectivity index (χ4v) is 4.43. The molecule has 4 rings (SSSR count). The highest BCUT2D eigenvalue weighted by molar-refractivity contribution is 6.05.